The molecule has 1 aliphatic rings. The van der Waals surface area contributed by atoms with E-state index in [1.54, 1.807) is 27.4 Å². The second kappa shape index (κ2) is 7.66. The van der Waals surface area contributed by atoms with Gasteiger partial charge >= 0.3 is 0 Å². The quantitative estimate of drug-likeness (QED) is 0.819. The average molecular weight is 353 g/mol. The Morgan fingerprint density at radius 1 is 1.21 bits per heavy atom. The fourth-order valence-corrected chi connectivity index (χ4v) is 4.54. The summed E-state index contributed by atoms with van der Waals surface area (Å²) in [5.41, 5.74) is 1.28. The van der Waals surface area contributed by atoms with E-state index in [0.717, 1.165) is 18.4 Å². The molecule has 1 aliphatic heterocycles. The van der Waals surface area contributed by atoms with E-state index >= 15 is 0 Å². The van der Waals surface area contributed by atoms with E-state index < -0.39 is 10.0 Å². The molecule has 0 N–H and O–H groups in total. The lowest BCUT2D eigenvalue weighted by Gasteiger charge is -2.29. The first kappa shape index (κ1) is 18.9. The van der Waals surface area contributed by atoms with Crippen molar-refractivity contribution in [2.24, 2.45) is 5.92 Å². The summed E-state index contributed by atoms with van der Waals surface area (Å²) in [7, 11) is -3.53. The number of rotatable bonds is 5. The molecule has 0 bridgehead atoms. The summed E-state index contributed by atoms with van der Waals surface area (Å²) in [4.78, 5) is 14.6. The SMILES string of the molecule is CCN(CC)C(=O)c1cc(S(=O)(=O)N2CCC(C)CC2)ccc1C. The molecule has 0 saturated carbocycles. The zero-order chi connectivity index (χ0) is 17.9. The van der Waals surface area contributed by atoms with E-state index in [2.05, 4.69) is 6.92 Å². The summed E-state index contributed by atoms with van der Waals surface area (Å²) in [5.74, 6) is 0.455. The van der Waals surface area contributed by atoms with Crippen LogP contribution in [-0.4, -0.2) is 49.7 Å². The maximum Gasteiger partial charge on any atom is 0.254 e. The molecule has 1 saturated heterocycles. The maximum atomic E-state index is 12.9. The lowest BCUT2D eigenvalue weighted by molar-refractivity contribution is 0.0772. The number of amides is 1. The van der Waals surface area contributed by atoms with Crippen LogP contribution in [0.3, 0.4) is 0 Å². The van der Waals surface area contributed by atoms with E-state index in [1.807, 2.05) is 20.8 Å². The van der Waals surface area contributed by atoms with Crippen molar-refractivity contribution in [1.29, 1.82) is 0 Å². The highest BCUT2D eigenvalue weighted by Gasteiger charge is 2.29. The molecule has 1 amide bonds. The molecule has 0 aromatic heterocycles. The van der Waals surface area contributed by atoms with Gasteiger partial charge in [0.2, 0.25) is 10.0 Å². The van der Waals surface area contributed by atoms with Crippen LogP contribution >= 0.6 is 0 Å². The third-order valence-corrected chi connectivity index (χ3v) is 6.77. The minimum Gasteiger partial charge on any atom is -0.339 e. The van der Waals surface area contributed by atoms with Crippen LogP contribution in [0.5, 0.6) is 0 Å². The van der Waals surface area contributed by atoms with Crippen LogP contribution < -0.4 is 0 Å². The molecule has 1 aromatic rings. The first-order valence-electron chi connectivity index (χ1n) is 8.71. The van der Waals surface area contributed by atoms with Gasteiger partial charge in [0.1, 0.15) is 0 Å². The highest BCUT2D eigenvalue weighted by atomic mass is 32.2. The zero-order valence-corrected chi connectivity index (χ0v) is 15.9. The Labute approximate surface area is 145 Å². The fourth-order valence-electron chi connectivity index (χ4n) is 3.05. The van der Waals surface area contributed by atoms with Crippen molar-refractivity contribution in [3.05, 3.63) is 29.3 Å². The summed E-state index contributed by atoms with van der Waals surface area (Å²) in [5, 5.41) is 0. The van der Waals surface area contributed by atoms with Crippen molar-refractivity contribution >= 4 is 15.9 Å². The summed E-state index contributed by atoms with van der Waals surface area (Å²) in [6, 6.07) is 4.89. The van der Waals surface area contributed by atoms with Gasteiger partial charge in [-0.2, -0.15) is 4.31 Å². The van der Waals surface area contributed by atoms with Gasteiger partial charge in [-0.05, 0) is 57.2 Å². The van der Waals surface area contributed by atoms with Crippen LogP contribution in [0.1, 0.15) is 49.5 Å². The number of hydrogen-bond donors (Lipinski definition) is 0. The van der Waals surface area contributed by atoms with Gasteiger partial charge in [0.25, 0.3) is 5.91 Å². The van der Waals surface area contributed by atoms with Gasteiger partial charge in [0.15, 0.2) is 0 Å². The predicted molar refractivity (Wildman–Crippen MR) is 95.6 cm³/mol. The Morgan fingerprint density at radius 3 is 2.33 bits per heavy atom. The van der Waals surface area contributed by atoms with E-state index in [-0.39, 0.29) is 10.8 Å². The second-order valence-corrected chi connectivity index (χ2v) is 8.48. The molecular weight excluding hydrogens is 324 g/mol. The number of benzene rings is 1. The van der Waals surface area contributed by atoms with Crippen molar-refractivity contribution in [3.8, 4) is 0 Å². The summed E-state index contributed by atoms with van der Waals surface area (Å²) < 4.78 is 27.3. The van der Waals surface area contributed by atoms with Gasteiger partial charge < -0.3 is 4.90 Å². The first-order chi connectivity index (χ1) is 11.3. The van der Waals surface area contributed by atoms with E-state index in [0.29, 0.717) is 37.7 Å². The minimum atomic E-state index is -3.53. The maximum absolute atomic E-state index is 12.9. The molecule has 134 valence electrons. The number of hydrogen-bond acceptors (Lipinski definition) is 3. The number of carbonyl (C=O) groups is 1. The number of sulfonamides is 1. The standard InChI is InChI=1S/C18H28N2O3S/c1-5-19(6-2)18(21)17-13-16(8-7-15(17)4)24(22,23)20-11-9-14(3)10-12-20/h7-8,13-14H,5-6,9-12H2,1-4H3. The molecule has 6 heteroatoms. The molecule has 0 atom stereocenters. The summed E-state index contributed by atoms with van der Waals surface area (Å²) >= 11 is 0. The fraction of sp³-hybridized carbons (Fsp3) is 0.611. The Morgan fingerprint density at radius 2 is 1.79 bits per heavy atom. The van der Waals surface area contributed by atoms with Crippen LogP contribution in [0.2, 0.25) is 0 Å². The van der Waals surface area contributed by atoms with Crippen molar-refractivity contribution in [3.63, 3.8) is 0 Å². The largest absolute Gasteiger partial charge is 0.339 e. The lowest BCUT2D eigenvalue weighted by atomic mass is 10.0. The van der Waals surface area contributed by atoms with Crippen LogP contribution in [0.4, 0.5) is 0 Å². The van der Waals surface area contributed by atoms with Gasteiger partial charge in [-0.3, -0.25) is 4.79 Å². The minimum absolute atomic E-state index is 0.109. The highest BCUT2D eigenvalue weighted by molar-refractivity contribution is 7.89. The normalized spacial score (nSPS) is 17.0. The molecule has 24 heavy (non-hydrogen) atoms. The Kier molecular flexibility index (Phi) is 6.04. The summed E-state index contributed by atoms with van der Waals surface area (Å²) in [6.07, 6.45) is 1.77. The van der Waals surface area contributed by atoms with Gasteiger partial charge in [0.05, 0.1) is 4.90 Å². The molecule has 0 spiro atoms. The van der Waals surface area contributed by atoms with E-state index in [1.165, 1.54) is 0 Å². The monoisotopic (exact) mass is 352 g/mol. The van der Waals surface area contributed by atoms with Crippen LogP contribution in [-0.2, 0) is 10.0 Å². The van der Waals surface area contributed by atoms with Crippen molar-refractivity contribution in [2.45, 2.75) is 45.4 Å². The molecule has 1 fully saturated rings. The third kappa shape index (κ3) is 3.81. The number of aryl methyl sites for hydroxylation is 1. The summed E-state index contributed by atoms with van der Waals surface area (Å²) in [6.45, 7) is 10.2. The number of piperidine rings is 1. The molecule has 5 nitrogen and oxygen atoms in total. The van der Waals surface area contributed by atoms with Crippen molar-refractivity contribution < 1.29 is 13.2 Å². The van der Waals surface area contributed by atoms with Crippen molar-refractivity contribution in [2.75, 3.05) is 26.2 Å². The zero-order valence-electron chi connectivity index (χ0n) is 15.1. The second-order valence-electron chi connectivity index (χ2n) is 6.54. The average Bonchev–Trinajstić information content (AvgIpc) is 2.56. The molecular formula is C18H28N2O3S. The third-order valence-electron chi connectivity index (χ3n) is 4.87. The molecule has 0 unspecified atom stereocenters. The molecule has 1 aromatic carbocycles. The van der Waals surface area contributed by atoms with Gasteiger partial charge in [-0.1, -0.05) is 13.0 Å². The Hall–Kier alpha value is -1.40. The van der Waals surface area contributed by atoms with Crippen LogP contribution in [0.25, 0.3) is 0 Å². The highest BCUT2D eigenvalue weighted by Crippen LogP contribution is 2.25. The predicted octanol–water partition coefficient (Wildman–Crippen LogP) is 2.90. The van der Waals surface area contributed by atoms with E-state index in [4.69, 9.17) is 0 Å². The number of nitrogens with zero attached hydrogens (tertiary/aromatic N) is 2. The topological polar surface area (TPSA) is 57.7 Å². The molecule has 2 rings (SSSR count). The molecule has 0 aliphatic carbocycles. The number of carbonyl (C=O) groups excluding carboxylic acids is 1. The smallest absolute Gasteiger partial charge is 0.254 e. The van der Waals surface area contributed by atoms with Crippen LogP contribution in [0, 0.1) is 12.8 Å². The van der Waals surface area contributed by atoms with E-state index in [9.17, 15) is 13.2 Å². The van der Waals surface area contributed by atoms with Gasteiger partial charge in [-0.15, -0.1) is 0 Å². The van der Waals surface area contributed by atoms with Gasteiger partial charge in [-0.25, -0.2) is 8.42 Å². The van der Waals surface area contributed by atoms with Gasteiger partial charge in [0, 0.05) is 31.7 Å². The van der Waals surface area contributed by atoms with Crippen LogP contribution in [0.15, 0.2) is 23.1 Å². The Balaban J connectivity index is 2.35. The molecule has 0 radical (unpaired) electrons. The van der Waals surface area contributed by atoms with Crippen molar-refractivity contribution in [1.82, 2.24) is 9.21 Å². The Bertz CT molecular complexity index is 688. The lowest BCUT2D eigenvalue weighted by Crippen LogP contribution is -2.38. The molecule has 1 heterocycles. The first-order valence-corrected chi connectivity index (χ1v) is 10.1.